The summed E-state index contributed by atoms with van der Waals surface area (Å²) in [6, 6.07) is 39.8. The van der Waals surface area contributed by atoms with Crippen LogP contribution in [0.15, 0.2) is 109 Å². The van der Waals surface area contributed by atoms with Gasteiger partial charge in [0.15, 0.2) is 0 Å². The van der Waals surface area contributed by atoms with Gasteiger partial charge in [-0.25, -0.2) is 0 Å². The fraction of sp³-hybridized carbons (Fsp3) is 0.0625. The lowest BCUT2D eigenvalue weighted by Crippen LogP contribution is -2.26. The molecular formula is C32H21Cl. The zero-order chi connectivity index (χ0) is 22.2. The third kappa shape index (κ3) is 2.32. The maximum Gasteiger partial charge on any atom is 0.0731 e. The van der Waals surface area contributed by atoms with E-state index in [1.165, 1.54) is 55.6 Å². The van der Waals surface area contributed by atoms with Crippen molar-refractivity contribution in [3.63, 3.8) is 0 Å². The van der Waals surface area contributed by atoms with E-state index < -0.39 is 0 Å². The summed E-state index contributed by atoms with van der Waals surface area (Å²) in [6.07, 6.45) is 0. The predicted octanol–water partition coefficient (Wildman–Crippen LogP) is 8.66. The number of halogens is 1. The van der Waals surface area contributed by atoms with Gasteiger partial charge in [-0.15, -0.1) is 0 Å². The van der Waals surface area contributed by atoms with E-state index in [9.17, 15) is 0 Å². The van der Waals surface area contributed by atoms with Crippen LogP contribution in [0.4, 0.5) is 0 Å². The average molecular weight is 441 g/mol. The van der Waals surface area contributed by atoms with Crippen molar-refractivity contribution in [3.05, 3.63) is 142 Å². The fourth-order valence-corrected chi connectivity index (χ4v) is 6.55. The number of fused-ring (bicyclic) bond motifs is 10. The van der Waals surface area contributed by atoms with Crippen LogP contribution >= 0.6 is 11.6 Å². The second kappa shape index (κ2) is 6.70. The van der Waals surface area contributed by atoms with Gasteiger partial charge in [0.2, 0.25) is 0 Å². The first-order valence-corrected chi connectivity index (χ1v) is 11.8. The molecular weight excluding hydrogens is 420 g/mol. The Morgan fingerprint density at radius 2 is 0.939 bits per heavy atom. The average Bonchev–Trinajstić information content (AvgIpc) is 3.32. The van der Waals surface area contributed by atoms with Crippen LogP contribution in [0.5, 0.6) is 0 Å². The Kier molecular flexibility index (Phi) is 3.84. The Bertz CT molecular complexity index is 1530. The fourth-order valence-electron chi connectivity index (χ4n) is 6.22. The third-order valence-corrected chi connectivity index (χ3v) is 7.74. The van der Waals surface area contributed by atoms with Crippen LogP contribution in [0, 0.1) is 6.92 Å². The molecule has 0 unspecified atom stereocenters. The van der Waals surface area contributed by atoms with Crippen molar-refractivity contribution >= 4 is 11.6 Å². The van der Waals surface area contributed by atoms with Crippen molar-refractivity contribution in [1.29, 1.82) is 0 Å². The molecule has 0 saturated heterocycles. The van der Waals surface area contributed by atoms with Crippen LogP contribution in [0.1, 0.15) is 27.8 Å². The van der Waals surface area contributed by atoms with E-state index in [2.05, 4.69) is 116 Å². The van der Waals surface area contributed by atoms with Crippen LogP contribution in [-0.2, 0) is 5.41 Å². The van der Waals surface area contributed by atoms with Crippen LogP contribution in [0.3, 0.4) is 0 Å². The molecule has 156 valence electrons. The Morgan fingerprint density at radius 3 is 1.48 bits per heavy atom. The molecule has 0 bridgehead atoms. The highest BCUT2D eigenvalue weighted by molar-refractivity contribution is 6.33. The molecule has 2 aliphatic rings. The van der Waals surface area contributed by atoms with E-state index >= 15 is 0 Å². The lowest BCUT2D eigenvalue weighted by molar-refractivity contribution is 0.796. The zero-order valence-electron chi connectivity index (χ0n) is 18.3. The highest BCUT2D eigenvalue weighted by Crippen LogP contribution is 2.64. The van der Waals surface area contributed by atoms with Crippen molar-refractivity contribution in [1.82, 2.24) is 0 Å². The van der Waals surface area contributed by atoms with Crippen molar-refractivity contribution in [3.8, 4) is 33.4 Å². The van der Waals surface area contributed by atoms with Gasteiger partial charge in [-0.2, -0.15) is 0 Å². The first kappa shape index (κ1) is 18.9. The molecule has 0 nitrogen and oxygen atoms in total. The summed E-state index contributed by atoms with van der Waals surface area (Å²) in [5, 5.41) is 0.800. The largest absolute Gasteiger partial charge is 0.0837 e. The second-order valence-corrected chi connectivity index (χ2v) is 9.51. The van der Waals surface area contributed by atoms with Gasteiger partial charge in [0.05, 0.1) is 5.41 Å². The van der Waals surface area contributed by atoms with Gasteiger partial charge in [0, 0.05) is 10.6 Å². The van der Waals surface area contributed by atoms with Crippen LogP contribution in [0.2, 0.25) is 5.02 Å². The van der Waals surface area contributed by atoms with Gasteiger partial charge in [-0.1, -0.05) is 115 Å². The molecule has 0 fully saturated rings. The molecule has 1 heteroatoms. The van der Waals surface area contributed by atoms with Gasteiger partial charge >= 0.3 is 0 Å². The lowest BCUT2D eigenvalue weighted by atomic mass is 9.68. The van der Waals surface area contributed by atoms with Crippen LogP contribution in [-0.4, -0.2) is 0 Å². The minimum Gasteiger partial charge on any atom is -0.0837 e. The highest BCUT2D eigenvalue weighted by Gasteiger charge is 2.52. The number of hydrogen-bond donors (Lipinski definition) is 0. The van der Waals surface area contributed by atoms with Crippen molar-refractivity contribution in [2.24, 2.45) is 0 Å². The van der Waals surface area contributed by atoms with Gasteiger partial charge in [-0.05, 0) is 68.6 Å². The normalized spacial score (nSPS) is 14.0. The monoisotopic (exact) mass is 440 g/mol. The molecule has 0 heterocycles. The SMILES string of the molecule is Cc1ccc(-c2cccc3c2C2(c4ccccc4-c4ccccc42)c2ccccc2-3)c(Cl)c1. The number of rotatable bonds is 1. The molecule has 0 saturated carbocycles. The lowest BCUT2D eigenvalue weighted by Gasteiger charge is -2.32. The van der Waals surface area contributed by atoms with Gasteiger partial charge in [0.1, 0.15) is 0 Å². The molecule has 5 aromatic carbocycles. The number of hydrogen-bond acceptors (Lipinski definition) is 0. The van der Waals surface area contributed by atoms with Crippen molar-refractivity contribution in [2.45, 2.75) is 12.3 Å². The molecule has 0 amide bonds. The summed E-state index contributed by atoms with van der Waals surface area (Å²) in [7, 11) is 0. The minimum atomic E-state index is -0.357. The Labute approximate surface area is 199 Å². The molecule has 0 N–H and O–H groups in total. The number of benzene rings is 5. The molecule has 7 rings (SSSR count). The molecule has 33 heavy (non-hydrogen) atoms. The molecule has 0 atom stereocenters. The molecule has 0 aromatic heterocycles. The Balaban J connectivity index is 1.70. The predicted molar refractivity (Wildman–Crippen MR) is 138 cm³/mol. The van der Waals surface area contributed by atoms with Gasteiger partial charge in [-0.3, -0.25) is 0 Å². The molecule has 5 aromatic rings. The smallest absolute Gasteiger partial charge is 0.0731 e. The quantitative estimate of drug-likeness (QED) is 0.239. The molecule has 0 radical (unpaired) electrons. The maximum atomic E-state index is 6.87. The van der Waals surface area contributed by atoms with E-state index in [1.54, 1.807) is 0 Å². The molecule has 0 aliphatic heterocycles. The summed E-state index contributed by atoms with van der Waals surface area (Å²) >= 11 is 6.87. The molecule has 2 aliphatic carbocycles. The van der Waals surface area contributed by atoms with Crippen LogP contribution in [0.25, 0.3) is 33.4 Å². The summed E-state index contributed by atoms with van der Waals surface area (Å²) in [6.45, 7) is 2.09. The van der Waals surface area contributed by atoms with Crippen LogP contribution < -0.4 is 0 Å². The van der Waals surface area contributed by atoms with Crippen molar-refractivity contribution < 1.29 is 0 Å². The first-order valence-electron chi connectivity index (χ1n) is 11.4. The first-order chi connectivity index (χ1) is 16.2. The second-order valence-electron chi connectivity index (χ2n) is 9.10. The maximum absolute atomic E-state index is 6.87. The Morgan fingerprint density at radius 1 is 0.485 bits per heavy atom. The van der Waals surface area contributed by atoms with Gasteiger partial charge < -0.3 is 0 Å². The van der Waals surface area contributed by atoms with E-state index in [0.717, 1.165) is 10.6 Å². The van der Waals surface area contributed by atoms with Gasteiger partial charge in [0.25, 0.3) is 0 Å². The minimum absolute atomic E-state index is 0.357. The van der Waals surface area contributed by atoms with E-state index in [1.807, 2.05) is 0 Å². The van der Waals surface area contributed by atoms with Crippen molar-refractivity contribution in [2.75, 3.05) is 0 Å². The topological polar surface area (TPSA) is 0 Å². The van der Waals surface area contributed by atoms with E-state index in [0.29, 0.717) is 0 Å². The zero-order valence-corrected chi connectivity index (χ0v) is 19.0. The van der Waals surface area contributed by atoms with E-state index in [4.69, 9.17) is 11.6 Å². The third-order valence-electron chi connectivity index (χ3n) is 7.43. The molecule has 1 spiro atoms. The number of aryl methyl sites for hydroxylation is 1. The standard InChI is InChI=1S/C32H21Cl/c1-20-17-18-24(30(33)19-20)26-13-8-12-25-23-11-4-7-16-29(23)32(31(25)26)27-14-5-2-9-21(27)22-10-3-6-15-28(22)32/h2-19H,1H3. The van der Waals surface area contributed by atoms with E-state index in [-0.39, 0.29) is 5.41 Å². The summed E-state index contributed by atoms with van der Waals surface area (Å²) in [5.74, 6) is 0. The summed E-state index contributed by atoms with van der Waals surface area (Å²) in [4.78, 5) is 0. The summed E-state index contributed by atoms with van der Waals surface area (Å²) in [5.41, 5.74) is 13.8. The summed E-state index contributed by atoms with van der Waals surface area (Å²) < 4.78 is 0. The Hall–Kier alpha value is -3.61. The highest BCUT2D eigenvalue weighted by atomic mass is 35.5.